The van der Waals surface area contributed by atoms with E-state index in [0.717, 1.165) is 11.1 Å². The summed E-state index contributed by atoms with van der Waals surface area (Å²) in [7, 11) is -4.75. The molecule has 63 heavy (non-hydrogen) atoms. The van der Waals surface area contributed by atoms with Gasteiger partial charge in [0.05, 0.1) is 0 Å². The Balaban J connectivity index is 0.000000161. The van der Waals surface area contributed by atoms with Crippen LogP contribution >= 0.6 is 15.8 Å². The molecular formula is C57H50Au2P2Si2+2. The Kier molecular flexibility index (Phi) is 16.5. The van der Waals surface area contributed by atoms with Crippen molar-refractivity contribution in [3.05, 3.63) is 230 Å². The van der Waals surface area contributed by atoms with E-state index in [4.69, 9.17) is 12.8 Å². The summed E-state index contributed by atoms with van der Waals surface area (Å²) in [6, 6.07) is 74.4. The zero-order valence-electron chi connectivity index (χ0n) is 35.9. The molecule has 8 aromatic carbocycles. The van der Waals surface area contributed by atoms with Gasteiger partial charge in [0.2, 0.25) is 0 Å². The fourth-order valence-electron chi connectivity index (χ4n) is 9.06. The monoisotopic (exact) mass is 1250 g/mol. The molecular weight excluding hydrogens is 1200 g/mol. The second kappa shape index (κ2) is 21.6. The molecule has 2 heterocycles. The number of fused-ring (bicyclic) bond motifs is 6. The number of rotatable bonds is 6. The van der Waals surface area contributed by atoms with Gasteiger partial charge in [-0.05, 0) is 86.3 Å². The summed E-state index contributed by atoms with van der Waals surface area (Å²) in [6.45, 7) is 9.55. The van der Waals surface area contributed by atoms with Crippen molar-refractivity contribution in [2.45, 2.75) is 26.2 Å². The molecule has 316 valence electrons. The first-order valence-electron chi connectivity index (χ1n) is 21.0. The van der Waals surface area contributed by atoms with Gasteiger partial charge in [0.25, 0.3) is 0 Å². The first-order chi connectivity index (χ1) is 29.7. The maximum Gasteiger partial charge on any atom is 1.00 e. The Labute approximate surface area is 411 Å². The second-order valence-corrected chi connectivity index (χ2v) is 31.0. The number of hydrogen-bond acceptors (Lipinski definition) is 0. The van der Waals surface area contributed by atoms with Crippen molar-refractivity contribution in [3.8, 4) is 34.1 Å². The summed E-state index contributed by atoms with van der Waals surface area (Å²) in [4.78, 5) is 0. The second-order valence-electron chi connectivity index (χ2n) is 16.7. The van der Waals surface area contributed by atoms with Crippen molar-refractivity contribution in [2.24, 2.45) is 0 Å². The maximum absolute atomic E-state index is 7.26. The maximum atomic E-state index is 7.26. The Bertz CT molecular complexity index is 2710. The van der Waals surface area contributed by atoms with Gasteiger partial charge in [0, 0.05) is 0 Å². The van der Waals surface area contributed by atoms with E-state index in [0.29, 0.717) is 0 Å². The molecule has 0 aliphatic carbocycles. The van der Waals surface area contributed by atoms with Crippen LogP contribution in [0.1, 0.15) is 11.1 Å². The first-order valence-corrected chi connectivity index (χ1v) is 30.4. The Morgan fingerprint density at radius 2 is 0.667 bits per heavy atom. The van der Waals surface area contributed by atoms with Crippen LogP contribution in [0.2, 0.25) is 26.2 Å². The van der Waals surface area contributed by atoms with Crippen LogP contribution in [0.15, 0.2) is 206 Å². The van der Waals surface area contributed by atoms with Crippen LogP contribution in [-0.4, -0.2) is 22.1 Å². The molecule has 0 spiro atoms. The van der Waals surface area contributed by atoms with E-state index in [1.165, 1.54) is 70.1 Å². The summed E-state index contributed by atoms with van der Waals surface area (Å²) < 4.78 is 0. The van der Waals surface area contributed by atoms with Crippen LogP contribution in [0.4, 0.5) is 0 Å². The SMILES string of the molecule is [Au+].[Au+].[C-]#Cc1ccc2c(c1)-c1ccccc1[Si]2(C)C.[C-]#Cc1ccc2c(c1)[Si](C)(C)c1ccccc1-2.c1ccc([PH+](C[PH+](c2ccccc2)c2ccccc2)c2ccccc2)cc1. The quantitative estimate of drug-likeness (QED) is 0.0675. The van der Waals surface area contributed by atoms with Gasteiger partial charge in [-0.1, -0.05) is 165 Å². The zero-order valence-corrected chi connectivity index (χ0v) is 44.3. The molecule has 6 heteroatoms. The van der Waals surface area contributed by atoms with Gasteiger partial charge in [-0.15, -0.1) is 35.4 Å². The fraction of sp³-hybridized carbons (Fsp3) is 0.0877. The van der Waals surface area contributed by atoms with E-state index in [1.807, 2.05) is 12.1 Å². The smallest absolute Gasteiger partial charge is 0.366 e. The predicted octanol–water partition coefficient (Wildman–Crippen LogP) is 9.52. The van der Waals surface area contributed by atoms with E-state index in [2.05, 4.69) is 232 Å². The Morgan fingerprint density at radius 3 is 1.10 bits per heavy atom. The van der Waals surface area contributed by atoms with Gasteiger partial charge in [0.1, 0.15) is 53.2 Å². The average Bonchev–Trinajstić information content (AvgIpc) is 3.69. The molecule has 0 radical (unpaired) electrons. The van der Waals surface area contributed by atoms with Crippen LogP contribution in [0, 0.1) is 24.7 Å². The molecule has 0 N–H and O–H groups in total. The van der Waals surface area contributed by atoms with Crippen molar-refractivity contribution in [1.29, 1.82) is 0 Å². The van der Waals surface area contributed by atoms with Gasteiger partial charge < -0.3 is 12.8 Å². The molecule has 0 aromatic heterocycles. The summed E-state index contributed by atoms with van der Waals surface area (Å²) in [6.07, 6.45) is 14.5. The Hall–Kier alpha value is -4.35. The van der Waals surface area contributed by atoms with Crippen LogP contribution in [0.5, 0.6) is 0 Å². The third-order valence-electron chi connectivity index (χ3n) is 12.3. The molecule has 0 saturated heterocycles. The minimum absolute atomic E-state index is 0. The van der Waals surface area contributed by atoms with Crippen LogP contribution in [0.3, 0.4) is 0 Å². The van der Waals surface area contributed by atoms with Crippen molar-refractivity contribution in [3.63, 3.8) is 0 Å². The number of benzene rings is 8. The standard InChI is InChI=1S/C25H22P2.2C16H13Si.2Au/c1-5-13-22(14-6-1)26(23-15-7-2-8-16-23)21-27(24-17-9-3-10-18-24)25-19-11-4-12-20-25;1-4-12-9-10-16-14(11-12)13-7-5-6-8-15(13)17(16,2)3;1-4-12-9-10-14-13-7-5-6-8-15(13)17(2,3)16(14)11-12;;/h1-20H,21H2;2*5-11H,2-3H3;;/q;2*-1;2*+1/p+2. The summed E-state index contributed by atoms with van der Waals surface area (Å²) in [5, 5.41) is 12.0. The van der Waals surface area contributed by atoms with Crippen molar-refractivity contribution in [2.75, 3.05) is 5.90 Å². The minimum Gasteiger partial charge on any atom is -0.366 e. The minimum atomic E-state index is -1.55. The van der Waals surface area contributed by atoms with Crippen LogP contribution < -0.4 is 42.0 Å². The largest absolute Gasteiger partial charge is 1.00 e. The van der Waals surface area contributed by atoms with E-state index < -0.39 is 32.0 Å². The molecule has 0 amide bonds. The van der Waals surface area contributed by atoms with Gasteiger partial charge in [-0.3, -0.25) is 11.8 Å². The molecule has 0 atom stereocenters. The van der Waals surface area contributed by atoms with Crippen molar-refractivity contribution >= 4 is 74.0 Å². The fourth-order valence-corrected chi connectivity index (χ4v) is 23.0. The molecule has 10 rings (SSSR count). The van der Waals surface area contributed by atoms with Crippen molar-refractivity contribution in [1.82, 2.24) is 0 Å². The van der Waals surface area contributed by atoms with Gasteiger partial charge in [0.15, 0.2) is 5.90 Å². The van der Waals surface area contributed by atoms with E-state index in [1.54, 1.807) is 0 Å². The molecule has 2 aliphatic rings. The topological polar surface area (TPSA) is 0 Å². The summed E-state index contributed by atoms with van der Waals surface area (Å²) in [5.41, 5.74) is 7.17. The summed E-state index contributed by atoms with van der Waals surface area (Å²) in [5.74, 6) is 6.22. The van der Waals surface area contributed by atoms with Crippen molar-refractivity contribution < 1.29 is 44.8 Å². The average molecular weight is 1250 g/mol. The molecule has 0 unspecified atom stereocenters. The third kappa shape index (κ3) is 10.3. The van der Waals surface area contributed by atoms with Crippen LogP contribution in [0.25, 0.3) is 22.3 Å². The zero-order chi connectivity index (χ0) is 42.4. The van der Waals surface area contributed by atoms with Gasteiger partial charge >= 0.3 is 44.8 Å². The molecule has 0 fully saturated rings. The van der Waals surface area contributed by atoms with E-state index >= 15 is 0 Å². The van der Waals surface area contributed by atoms with E-state index in [-0.39, 0.29) is 44.8 Å². The predicted molar refractivity (Wildman–Crippen MR) is 276 cm³/mol. The van der Waals surface area contributed by atoms with Crippen LogP contribution in [-0.2, 0) is 44.8 Å². The van der Waals surface area contributed by atoms with Gasteiger partial charge in [-0.2, -0.15) is 0 Å². The van der Waals surface area contributed by atoms with E-state index in [9.17, 15) is 0 Å². The summed E-state index contributed by atoms with van der Waals surface area (Å²) >= 11 is 0. The number of hydrogen-bond donors (Lipinski definition) is 0. The molecule has 2 aliphatic heterocycles. The molecule has 8 aromatic rings. The van der Waals surface area contributed by atoms with Gasteiger partial charge in [-0.25, -0.2) is 0 Å². The first kappa shape index (κ1) is 48.1. The molecule has 0 nitrogen and oxygen atoms in total. The molecule has 0 saturated carbocycles. The third-order valence-corrected chi connectivity index (χ3v) is 26.4. The Morgan fingerprint density at radius 1 is 0.349 bits per heavy atom. The normalized spacial score (nSPS) is 12.8. The molecule has 0 bridgehead atoms.